The Hall–Kier alpha value is -1.52. The smallest absolute Gasteiger partial charge is 0.161 e. The molecule has 0 amide bonds. The first-order valence-corrected chi connectivity index (χ1v) is 6.18. The molecular formula is C14H19NO3. The van der Waals surface area contributed by atoms with Crippen molar-refractivity contribution in [3.05, 3.63) is 36.4 Å². The molecule has 98 valence electrons. The Morgan fingerprint density at radius 2 is 2.11 bits per heavy atom. The molecule has 4 heteroatoms. The Kier molecular flexibility index (Phi) is 5.05. The zero-order valence-corrected chi connectivity index (χ0v) is 10.5. The Balaban J connectivity index is 1.74. The zero-order valence-electron chi connectivity index (χ0n) is 10.5. The van der Waals surface area contributed by atoms with E-state index in [1.807, 2.05) is 18.2 Å². The summed E-state index contributed by atoms with van der Waals surface area (Å²) in [5, 5.41) is 3.31. The van der Waals surface area contributed by atoms with Crippen LogP contribution in [0.25, 0.3) is 0 Å². The van der Waals surface area contributed by atoms with Crippen molar-refractivity contribution in [2.45, 2.75) is 6.54 Å². The molecule has 0 saturated heterocycles. The quantitative estimate of drug-likeness (QED) is 0.590. The number of hydrogen-bond donors (Lipinski definition) is 1. The maximum absolute atomic E-state index is 5.53. The molecule has 0 saturated carbocycles. The lowest BCUT2D eigenvalue weighted by Crippen LogP contribution is -2.20. The molecule has 4 nitrogen and oxygen atoms in total. The van der Waals surface area contributed by atoms with E-state index in [0.717, 1.165) is 24.6 Å². The normalized spacial score (nSPS) is 13.3. The minimum atomic E-state index is 0.603. The van der Waals surface area contributed by atoms with E-state index in [0.29, 0.717) is 26.4 Å². The monoisotopic (exact) mass is 249 g/mol. The summed E-state index contributed by atoms with van der Waals surface area (Å²) in [5.41, 5.74) is 1.18. The van der Waals surface area contributed by atoms with Gasteiger partial charge in [-0.1, -0.05) is 12.1 Å². The molecule has 1 aromatic carbocycles. The van der Waals surface area contributed by atoms with Gasteiger partial charge in [0.15, 0.2) is 11.5 Å². The standard InChI is InChI=1S/C14H19NO3/c1-2-6-16-7-5-15-11-12-3-4-13-14(10-12)18-9-8-17-13/h2-4,10,15H,1,5-9,11H2. The molecule has 1 N–H and O–H groups in total. The summed E-state index contributed by atoms with van der Waals surface area (Å²) in [6, 6.07) is 6.02. The van der Waals surface area contributed by atoms with Gasteiger partial charge in [-0.05, 0) is 17.7 Å². The lowest BCUT2D eigenvalue weighted by atomic mass is 10.2. The van der Waals surface area contributed by atoms with Crippen LogP contribution in [0, 0.1) is 0 Å². The maximum atomic E-state index is 5.53. The van der Waals surface area contributed by atoms with Crippen LogP contribution in [0.15, 0.2) is 30.9 Å². The van der Waals surface area contributed by atoms with Gasteiger partial charge in [-0.15, -0.1) is 6.58 Å². The highest BCUT2D eigenvalue weighted by molar-refractivity contribution is 5.43. The molecule has 1 aliphatic heterocycles. The third-order valence-corrected chi connectivity index (χ3v) is 2.59. The molecule has 18 heavy (non-hydrogen) atoms. The third kappa shape index (κ3) is 3.75. The number of hydrogen-bond acceptors (Lipinski definition) is 4. The largest absolute Gasteiger partial charge is 0.486 e. The second-order valence-corrected chi connectivity index (χ2v) is 4.02. The Morgan fingerprint density at radius 1 is 1.28 bits per heavy atom. The number of rotatable bonds is 7. The van der Waals surface area contributed by atoms with Crippen molar-refractivity contribution in [3.8, 4) is 11.5 Å². The van der Waals surface area contributed by atoms with Crippen LogP contribution in [0.4, 0.5) is 0 Å². The van der Waals surface area contributed by atoms with Gasteiger partial charge in [-0.2, -0.15) is 0 Å². The van der Waals surface area contributed by atoms with Crippen LogP contribution in [0.5, 0.6) is 11.5 Å². The fourth-order valence-corrected chi connectivity index (χ4v) is 1.74. The fourth-order valence-electron chi connectivity index (χ4n) is 1.74. The third-order valence-electron chi connectivity index (χ3n) is 2.59. The number of ether oxygens (including phenoxy) is 3. The van der Waals surface area contributed by atoms with Crippen LogP contribution in [-0.4, -0.2) is 33.0 Å². The molecule has 1 aromatic rings. The summed E-state index contributed by atoms with van der Waals surface area (Å²) in [5.74, 6) is 1.67. The van der Waals surface area contributed by atoms with Crippen molar-refractivity contribution in [3.63, 3.8) is 0 Å². The van der Waals surface area contributed by atoms with Crippen molar-refractivity contribution in [2.24, 2.45) is 0 Å². The van der Waals surface area contributed by atoms with Crippen LogP contribution in [0.2, 0.25) is 0 Å². The van der Waals surface area contributed by atoms with E-state index in [4.69, 9.17) is 14.2 Å². The molecule has 0 unspecified atom stereocenters. The summed E-state index contributed by atoms with van der Waals surface area (Å²) in [4.78, 5) is 0. The lowest BCUT2D eigenvalue weighted by Gasteiger charge is -2.19. The van der Waals surface area contributed by atoms with Gasteiger partial charge in [0, 0.05) is 13.1 Å². The van der Waals surface area contributed by atoms with E-state index >= 15 is 0 Å². The number of nitrogens with one attached hydrogen (secondary N) is 1. The predicted octanol–water partition coefficient (Wildman–Crippen LogP) is 1.75. The maximum Gasteiger partial charge on any atom is 0.161 e. The summed E-state index contributed by atoms with van der Waals surface area (Å²) < 4.78 is 16.3. The molecule has 0 radical (unpaired) electrons. The minimum Gasteiger partial charge on any atom is -0.486 e. The first kappa shape index (κ1) is 12.9. The average molecular weight is 249 g/mol. The summed E-state index contributed by atoms with van der Waals surface area (Å²) >= 11 is 0. The molecule has 0 atom stereocenters. The van der Waals surface area contributed by atoms with Gasteiger partial charge in [0.1, 0.15) is 13.2 Å². The topological polar surface area (TPSA) is 39.7 Å². The molecule has 2 rings (SSSR count). The highest BCUT2D eigenvalue weighted by Gasteiger charge is 2.11. The first-order chi connectivity index (χ1) is 8.90. The molecule has 0 aromatic heterocycles. The van der Waals surface area contributed by atoms with Gasteiger partial charge in [0.05, 0.1) is 13.2 Å². The first-order valence-electron chi connectivity index (χ1n) is 6.18. The highest BCUT2D eigenvalue weighted by atomic mass is 16.6. The van der Waals surface area contributed by atoms with Gasteiger partial charge in [-0.25, -0.2) is 0 Å². The average Bonchev–Trinajstić information content (AvgIpc) is 2.42. The van der Waals surface area contributed by atoms with Gasteiger partial charge in [-0.3, -0.25) is 0 Å². The van der Waals surface area contributed by atoms with Gasteiger partial charge < -0.3 is 19.5 Å². The molecule has 0 bridgehead atoms. The second kappa shape index (κ2) is 7.03. The zero-order chi connectivity index (χ0) is 12.6. The van der Waals surface area contributed by atoms with Crippen LogP contribution in [0.1, 0.15) is 5.56 Å². The summed E-state index contributed by atoms with van der Waals surface area (Å²) in [6.07, 6.45) is 1.75. The van der Waals surface area contributed by atoms with E-state index in [-0.39, 0.29) is 0 Å². The Morgan fingerprint density at radius 3 is 2.94 bits per heavy atom. The van der Waals surface area contributed by atoms with Crippen molar-refractivity contribution < 1.29 is 14.2 Å². The van der Waals surface area contributed by atoms with E-state index in [1.54, 1.807) is 6.08 Å². The van der Waals surface area contributed by atoms with Crippen LogP contribution >= 0.6 is 0 Å². The molecule has 1 aliphatic rings. The van der Waals surface area contributed by atoms with Gasteiger partial charge in [0.25, 0.3) is 0 Å². The minimum absolute atomic E-state index is 0.603. The highest BCUT2D eigenvalue weighted by Crippen LogP contribution is 2.30. The molecular weight excluding hydrogens is 230 g/mol. The molecule has 0 aliphatic carbocycles. The van der Waals surface area contributed by atoms with E-state index < -0.39 is 0 Å². The van der Waals surface area contributed by atoms with Crippen molar-refractivity contribution >= 4 is 0 Å². The van der Waals surface area contributed by atoms with E-state index in [2.05, 4.69) is 11.9 Å². The number of benzene rings is 1. The van der Waals surface area contributed by atoms with Crippen LogP contribution < -0.4 is 14.8 Å². The molecule has 0 fully saturated rings. The second-order valence-electron chi connectivity index (χ2n) is 4.02. The van der Waals surface area contributed by atoms with Crippen molar-refractivity contribution in [2.75, 3.05) is 33.0 Å². The van der Waals surface area contributed by atoms with E-state index in [9.17, 15) is 0 Å². The van der Waals surface area contributed by atoms with Crippen LogP contribution in [0.3, 0.4) is 0 Å². The summed E-state index contributed by atoms with van der Waals surface area (Å²) in [7, 11) is 0. The Bertz CT molecular complexity index is 393. The van der Waals surface area contributed by atoms with Gasteiger partial charge in [0.2, 0.25) is 0 Å². The fraction of sp³-hybridized carbons (Fsp3) is 0.429. The van der Waals surface area contributed by atoms with Crippen molar-refractivity contribution in [1.82, 2.24) is 5.32 Å². The molecule has 1 heterocycles. The van der Waals surface area contributed by atoms with Crippen LogP contribution in [-0.2, 0) is 11.3 Å². The SMILES string of the molecule is C=CCOCCNCc1ccc2c(c1)OCCO2. The van der Waals surface area contributed by atoms with Crippen molar-refractivity contribution in [1.29, 1.82) is 0 Å². The number of fused-ring (bicyclic) bond motifs is 1. The summed E-state index contributed by atoms with van der Waals surface area (Å²) in [6.45, 7) is 7.77. The Labute approximate surface area is 108 Å². The lowest BCUT2D eigenvalue weighted by molar-refractivity contribution is 0.163. The molecule has 0 spiro atoms. The predicted molar refractivity (Wildman–Crippen MR) is 70.2 cm³/mol. The van der Waals surface area contributed by atoms with E-state index in [1.165, 1.54) is 5.56 Å². The van der Waals surface area contributed by atoms with Gasteiger partial charge >= 0.3 is 0 Å².